The van der Waals surface area contributed by atoms with Crippen LogP contribution in [-0.4, -0.2) is 5.97 Å². The second-order valence-corrected chi connectivity index (χ2v) is 6.95. The van der Waals surface area contributed by atoms with E-state index in [4.69, 9.17) is 24.4 Å². The molecule has 0 aliphatic heterocycles. The summed E-state index contributed by atoms with van der Waals surface area (Å²) in [6, 6.07) is 23.3. The third kappa shape index (κ3) is 5.45. The number of ether oxygens (including phenoxy) is 3. The van der Waals surface area contributed by atoms with Gasteiger partial charge in [-0.15, -0.1) is 0 Å². The zero-order chi connectivity index (χ0) is 21.6. The first kappa shape index (κ1) is 20.1. The monoisotopic (exact) mass is 415 g/mol. The molecular weight excluding hydrogens is 394 g/mol. The third-order valence-corrected chi connectivity index (χ3v) is 4.40. The van der Waals surface area contributed by atoms with Crippen LogP contribution in [0.2, 0.25) is 0 Å². The first-order valence-electron chi connectivity index (χ1n) is 9.68. The average molecular weight is 415 g/mol. The summed E-state index contributed by atoms with van der Waals surface area (Å²) in [5.74, 6) is 2.01. The Hall–Kier alpha value is -4.19. The molecule has 1 aromatic heterocycles. The second kappa shape index (κ2) is 9.09. The van der Waals surface area contributed by atoms with Gasteiger partial charge >= 0.3 is 5.97 Å². The van der Waals surface area contributed by atoms with Crippen molar-refractivity contribution in [3.05, 3.63) is 102 Å². The molecule has 0 atom stereocenters. The standard InChI is InChI=1S/C25H21NO5/c1-17-4-8-20(9-5-17)30-22-13-18(16-29-25(27)24-3-2-12-28-24)14-23(15-22)31-21-10-6-19(26)7-11-21/h2-15H,16,26H2,1H3. The quantitative estimate of drug-likeness (QED) is 0.289. The summed E-state index contributed by atoms with van der Waals surface area (Å²) in [4.78, 5) is 12.1. The molecule has 31 heavy (non-hydrogen) atoms. The molecule has 6 heteroatoms. The SMILES string of the molecule is Cc1ccc(Oc2cc(COC(=O)c3ccco3)cc(Oc3ccc(N)cc3)c2)cc1. The molecule has 0 aliphatic carbocycles. The van der Waals surface area contributed by atoms with Gasteiger partial charge in [-0.2, -0.15) is 0 Å². The van der Waals surface area contributed by atoms with Gasteiger partial charge in [-0.1, -0.05) is 17.7 Å². The van der Waals surface area contributed by atoms with E-state index >= 15 is 0 Å². The lowest BCUT2D eigenvalue weighted by Crippen LogP contribution is -2.04. The number of carbonyl (C=O) groups excluding carboxylic acids is 1. The Kier molecular flexibility index (Phi) is 5.89. The number of esters is 1. The largest absolute Gasteiger partial charge is 0.457 e. The minimum atomic E-state index is -0.546. The highest BCUT2D eigenvalue weighted by Gasteiger charge is 2.12. The van der Waals surface area contributed by atoms with E-state index < -0.39 is 5.97 Å². The number of furan rings is 1. The molecule has 3 aromatic carbocycles. The molecule has 156 valence electrons. The average Bonchev–Trinajstić information content (AvgIpc) is 3.30. The van der Waals surface area contributed by atoms with Crippen LogP contribution in [0.25, 0.3) is 0 Å². The van der Waals surface area contributed by atoms with Crippen molar-refractivity contribution in [3.63, 3.8) is 0 Å². The van der Waals surface area contributed by atoms with Gasteiger partial charge in [-0.25, -0.2) is 4.79 Å². The molecule has 6 nitrogen and oxygen atoms in total. The van der Waals surface area contributed by atoms with Crippen molar-refractivity contribution in [1.29, 1.82) is 0 Å². The van der Waals surface area contributed by atoms with Crippen LogP contribution >= 0.6 is 0 Å². The Balaban J connectivity index is 1.56. The maximum absolute atomic E-state index is 12.1. The lowest BCUT2D eigenvalue weighted by Gasteiger charge is -2.13. The van der Waals surface area contributed by atoms with E-state index in [1.54, 1.807) is 54.6 Å². The van der Waals surface area contributed by atoms with Crippen molar-refractivity contribution in [2.75, 3.05) is 5.73 Å². The minimum absolute atomic E-state index is 0.0305. The van der Waals surface area contributed by atoms with Crippen molar-refractivity contribution >= 4 is 11.7 Å². The van der Waals surface area contributed by atoms with E-state index in [1.807, 2.05) is 31.2 Å². The van der Waals surface area contributed by atoms with Crippen LogP contribution in [0.15, 0.2) is 89.5 Å². The van der Waals surface area contributed by atoms with Crippen LogP contribution in [0.3, 0.4) is 0 Å². The first-order valence-corrected chi connectivity index (χ1v) is 9.68. The number of rotatable bonds is 7. The number of hydrogen-bond donors (Lipinski definition) is 1. The van der Waals surface area contributed by atoms with Gasteiger partial charge < -0.3 is 24.4 Å². The van der Waals surface area contributed by atoms with Crippen LogP contribution in [0.1, 0.15) is 21.7 Å². The molecule has 0 amide bonds. The zero-order valence-corrected chi connectivity index (χ0v) is 16.9. The fraction of sp³-hybridized carbons (Fsp3) is 0.0800. The normalized spacial score (nSPS) is 10.5. The molecule has 4 rings (SSSR count). The van der Waals surface area contributed by atoms with E-state index in [9.17, 15) is 4.79 Å². The molecule has 0 aliphatic rings. The Bertz CT molecular complexity index is 1080. The number of carbonyl (C=O) groups is 1. The molecular formula is C25H21NO5. The van der Waals surface area contributed by atoms with E-state index in [0.717, 1.165) is 5.56 Å². The van der Waals surface area contributed by atoms with Gasteiger partial charge in [0.15, 0.2) is 0 Å². The number of aryl methyl sites for hydroxylation is 1. The molecule has 0 saturated heterocycles. The number of nitrogens with two attached hydrogens (primary N) is 1. The predicted octanol–water partition coefficient (Wildman–Crippen LogP) is 6.11. The van der Waals surface area contributed by atoms with E-state index in [-0.39, 0.29) is 12.4 Å². The Morgan fingerprint density at radius 3 is 2.03 bits per heavy atom. The molecule has 0 spiro atoms. The summed E-state index contributed by atoms with van der Waals surface area (Å²) in [6.07, 6.45) is 1.42. The highest BCUT2D eigenvalue weighted by Crippen LogP contribution is 2.31. The maximum atomic E-state index is 12.1. The van der Waals surface area contributed by atoms with Gasteiger partial charge in [0, 0.05) is 11.8 Å². The van der Waals surface area contributed by atoms with Gasteiger partial charge in [0.25, 0.3) is 0 Å². The molecule has 0 bridgehead atoms. The topological polar surface area (TPSA) is 83.9 Å². The van der Waals surface area contributed by atoms with Crippen molar-refractivity contribution in [2.45, 2.75) is 13.5 Å². The van der Waals surface area contributed by atoms with Crippen LogP contribution < -0.4 is 15.2 Å². The van der Waals surface area contributed by atoms with Gasteiger partial charge in [0.05, 0.1) is 6.26 Å². The maximum Gasteiger partial charge on any atom is 0.374 e. The van der Waals surface area contributed by atoms with E-state index in [1.165, 1.54) is 6.26 Å². The highest BCUT2D eigenvalue weighted by atomic mass is 16.5. The molecule has 0 saturated carbocycles. The second-order valence-electron chi connectivity index (χ2n) is 6.95. The summed E-state index contributed by atoms with van der Waals surface area (Å²) < 4.78 is 22.4. The van der Waals surface area contributed by atoms with Gasteiger partial charge in [-0.05, 0) is 73.2 Å². The number of hydrogen-bond acceptors (Lipinski definition) is 6. The van der Waals surface area contributed by atoms with Crippen LogP contribution in [0.5, 0.6) is 23.0 Å². The Morgan fingerprint density at radius 1 is 0.839 bits per heavy atom. The van der Waals surface area contributed by atoms with Crippen molar-refractivity contribution < 1.29 is 23.4 Å². The van der Waals surface area contributed by atoms with Crippen LogP contribution in [0, 0.1) is 6.92 Å². The van der Waals surface area contributed by atoms with E-state index in [2.05, 4.69) is 0 Å². The summed E-state index contributed by atoms with van der Waals surface area (Å²) in [6.45, 7) is 2.04. The lowest BCUT2D eigenvalue weighted by molar-refractivity contribution is 0.0435. The van der Waals surface area contributed by atoms with Crippen LogP contribution in [0.4, 0.5) is 5.69 Å². The summed E-state index contributed by atoms with van der Waals surface area (Å²) >= 11 is 0. The number of benzene rings is 3. The Morgan fingerprint density at radius 2 is 1.45 bits per heavy atom. The van der Waals surface area contributed by atoms with Crippen molar-refractivity contribution in [3.8, 4) is 23.0 Å². The van der Waals surface area contributed by atoms with Crippen LogP contribution in [-0.2, 0) is 11.3 Å². The van der Waals surface area contributed by atoms with Crippen molar-refractivity contribution in [1.82, 2.24) is 0 Å². The minimum Gasteiger partial charge on any atom is -0.457 e. The number of nitrogen functional groups attached to an aromatic ring is 1. The summed E-state index contributed by atoms with van der Waals surface area (Å²) in [5, 5.41) is 0. The summed E-state index contributed by atoms with van der Waals surface area (Å²) in [7, 11) is 0. The molecule has 0 unspecified atom stereocenters. The Labute approximate surface area is 179 Å². The first-order chi connectivity index (χ1) is 15.0. The van der Waals surface area contributed by atoms with Gasteiger partial charge in [-0.3, -0.25) is 0 Å². The van der Waals surface area contributed by atoms with Crippen molar-refractivity contribution in [2.24, 2.45) is 0 Å². The fourth-order valence-electron chi connectivity index (χ4n) is 2.86. The third-order valence-electron chi connectivity index (χ3n) is 4.40. The van der Waals surface area contributed by atoms with Gasteiger partial charge in [0.1, 0.15) is 29.6 Å². The predicted molar refractivity (Wildman–Crippen MR) is 116 cm³/mol. The number of anilines is 1. The smallest absolute Gasteiger partial charge is 0.374 e. The summed E-state index contributed by atoms with van der Waals surface area (Å²) in [5.41, 5.74) is 8.23. The van der Waals surface area contributed by atoms with Gasteiger partial charge in [0.2, 0.25) is 5.76 Å². The molecule has 2 N–H and O–H groups in total. The molecule has 0 fully saturated rings. The zero-order valence-electron chi connectivity index (χ0n) is 16.9. The van der Waals surface area contributed by atoms with E-state index in [0.29, 0.717) is 34.2 Å². The molecule has 1 heterocycles. The fourth-order valence-corrected chi connectivity index (χ4v) is 2.86. The lowest BCUT2D eigenvalue weighted by atomic mass is 10.2. The molecule has 0 radical (unpaired) electrons. The highest BCUT2D eigenvalue weighted by molar-refractivity contribution is 5.86. The molecule has 4 aromatic rings.